The zero-order valence-electron chi connectivity index (χ0n) is 10.6. The Morgan fingerprint density at radius 2 is 1.95 bits per heavy atom. The van der Waals surface area contributed by atoms with Gasteiger partial charge in [0.2, 0.25) is 0 Å². The molecular weight excluding hydrogens is 264 g/mol. The molecule has 19 heavy (non-hydrogen) atoms. The van der Waals surface area contributed by atoms with E-state index < -0.39 is 5.97 Å². The third-order valence-electron chi connectivity index (χ3n) is 2.72. The van der Waals surface area contributed by atoms with Crippen LogP contribution in [0.4, 0.5) is 0 Å². The average Bonchev–Trinajstić information content (AvgIpc) is 2.63. The highest BCUT2D eigenvalue weighted by Crippen LogP contribution is 2.24. The lowest BCUT2D eigenvalue weighted by molar-refractivity contribution is -0.131. The summed E-state index contributed by atoms with van der Waals surface area (Å²) in [4.78, 5) is 10.6. The molecule has 0 aliphatic heterocycles. The van der Waals surface area contributed by atoms with Crippen molar-refractivity contribution in [1.82, 2.24) is 9.78 Å². The molecule has 98 valence electrons. The van der Waals surface area contributed by atoms with Crippen LogP contribution in [0.1, 0.15) is 16.8 Å². The monoisotopic (exact) mass is 276 g/mol. The third-order valence-corrected chi connectivity index (χ3v) is 3.08. The number of aryl methyl sites for hydroxylation is 2. The number of nitrogens with zero attached hydrogens (tertiary/aromatic N) is 2. The van der Waals surface area contributed by atoms with Crippen LogP contribution in [0.3, 0.4) is 0 Å². The number of carboxylic acid groups (broad SMARTS) is 1. The smallest absolute Gasteiger partial charge is 0.328 e. The first-order chi connectivity index (χ1) is 8.99. The summed E-state index contributed by atoms with van der Waals surface area (Å²) in [5.74, 6) is -1.02. The summed E-state index contributed by atoms with van der Waals surface area (Å²) in [6.07, 6.45) is 2.51. The summed E-state index contributed by atoms with van der Waals surface area (Å²) < 4.78 is 1.60. The van der Waals surface area contributed by atoms with Gasteiger partial charge < -0.3 is 5.11 Å². The number of hydrogen-bond acceptors (Lipinski definition) is 2. The molecule has 0 atom stereocenters. The van der Waals surface area contributed by atoms with Gasteiger partial charge in [0.25, 0.3) is 0 Å². The van der Waals surface area contributed by atoms with Crippen molar-refractivity contribution in [3.8, 4) is 5.69 Å². The van der Waals surface area contributed by atoms with Crippen molar-refractivity contribution in [2.24, 2.45) is 0 Å². The zero-order chi connectivity index (χ0) is 14.0. The second-order valence-corrected chi connectivity index (χ2v) is 4.57. The van der Waals surface area contributed by atoms with Gasteiger partial charge in [0.15, 0.2) is 0 Å². The number of aromatic nitrogens is 2. The van der Waals surface area contributed by atoms with Crippen LogP contribution in [0, 0.1) is 13.8 Å². The third kappa shape index (κ3) is 2.85. The van der Waals surface area contributed by atoms with E-state index in [1.54, 1.807) is 11.6 Å². The molecule has 0 fully saturated rings. The second kappa shape index (κ2) is 5.28. The molecular formula is C14H13ClN2O2. The van der Waals surface area contributed by atoms with Gasteiger partial charge in [-0.25, -0.2) is 9.48 Å². The van der Waals surface area contributed by atoms with E-state index in [4.69, 9.17) is 16.7 Å². The first-order valence-electron chi connectivity index (χ1n) is 5.72. The van der Waals surface area contributed by atoms with Crippen molar-refractivity contribution in [2.75, 3.05) is 0 Å². The minimum absolute atomic E-state index is 0.402. The minimum Gasteiger partial charge on any atom is -0.478 e. The average molecular weight is 277 g/mol. The molecule has 1 N–H and O–H groups in total. The Kier molecular flexibility index (Phi) is 3.71. The van der Waals surface area contributed by atoms with Gasteiger partial charge in [0.05, 0.1) is 11.4 Å². The molecule has 0 amide bonds. The Bertz CT molecular complexity index is 642. The molecule has 0 spiro atoms. The number of hydrogen-bond donors (Lipinski definition) is 1. The number of aliphatic carboxylic acids is 1. The van der Waals surface area contributed by atoms with E-state index in [0.717, 1.165) is 17.3 Å². The topological polar surface area (TPSA) is 55.1 Å². The number of halogens is 1. The lowest BCUT2D eigenvalue weighted by Gasteiger charge is -2.03. The fraction of sp³-hybridized carbons (Fsp3) is 0.143. The summed E-state index contributed by atoms with van der Waals surface area (Å²) in [6, 6.07) is 7.77. The maximum absolute atomic E-state index is 10.6. The zero-order valence-corrected chi connectivity index (χ0v) is 11.3. The number of rotatable bonds is 3. The molecule has 0 saturated carbocycles. The van der Waals surface area contributed by atoms with Crippen LogP contribution in [0.25, 0.3) is 11.8 Å². The molecule has 4 nitrogen and oxygen atoms in total. The lowest BCUT2D eigenvalue weighted by atomic mass is 10.2. The highest BCUT2D eigenvalue weighted by Gasteiger charge is 2.12. The van der Waals surface area contributed by atoms with Crippen molar-refractivity contribution in [3.63, 3.8) is 0 Å². The van der Waals surface area contributed by atoms with Crippen molar-refractivity contribution in [3.05, 3.63) is 52.3 Å². The summed E-state index contributed by atoms with van der Waals surface area (Å²) in [5, 5.41) is 13.4. The van der Waals surface area contributed by atoms with Crippen molar-refractivity contribution >= 4 is 23.6 Å². The Morgan fingerprint density at radius 3 is 2.53 bits per heavy atom. The molecule has 0 saturated heterocycles. The van der Waals surface area contributed by atoms with E-state index in [-0.39, 0.29) is 0 Å². The molecule has 1 aromatic heterocycles. The van der Waals surface area contributed by atoms with Gasteiger partial charge in [0, 0.05) is 11.6 Å². The van der Waals surface area contributed by atoms with Gasteiger partial charge in [-0.3, -0.25) is 0 Å². The van der Waals surface area contributed by atoms with Crippen LogP contribution < -0.4 is 0 Å². The lowest BCUT2D eigenvalue weighted by Crippen LogP contribution is -1.96. The molecule has 2 rings (SSSR count). The van der Waals surface area contributed by atoms with E-state index in [1.165, 1.54) is 6.08 Å². The van der Waals surface area contributed by atoms with Crippen LogP contribution in [-0.4, -0.2) is 20.9 Å². The van der Waals surface area contributed by atoms with Gasteiger partial charge >= 0.3 is 5.97 Å². The number of carboxylic acids is 1. The van der Waals surface area contributed by atoms with Crippen LogP contribution in [-0.2, 0) is 4.79 Å². The van der Waals surface area contributed by atoms with Gasteiger partial charge in [-0.1, -0.05) is 29.3 Å². The van der Waals surface area contributed by atoms with E-state index in [1.807, 2.05) is 31.2 Å². The molecule has 0 aliphatic carbocycles. The second-order valence-electron chi connectivity index (χ2n) is 4.21. The molecule has 0 aliphatic rings. The van der Waals surface area contributed by atoms with Crippen LogP contribution >= 0.6 is 11.6 Å². The molecule has 5 heteroatoms. The molecule has 0 bridgehead atoms. The maximum Gasteiger partial charge on any atom is 0.328 e. The summed E-state index contributed by atoms with van der Waals surface area (Å²) in [6.45, 7) is 3.79. The minimum atomic E-state index is -1.02. The number of benzene rings is 1. The summed E-state index contributed by atoms with van der Waals surface area (Å²) in [7, 11) is 0. The predicted molar refractivity (Wildman–Crippen MR) is 74.7 cm³/mol. The molecule has 1 aromatic carbocycles. The van der Waals surface area contributed by atoms with Gasteiger partial charge in [0.1, 0.15) is 5.15 Å². The summed E-state index contributed by atoms with van der Waals surface area (Å²) >= 11 is 6.24. The van der Waals surface area contributed by atoms with Gasteiger partial charge in [-0.15, -0.1) is 0 Å². The summed E-state index contributed by atoms with van der Waals surface area (Å²) in [5.41, 5.74) is 3.29. The van der Waals surface area contributed by atoms with E-state index >= 15 is 0 Å². The first kappa shape index (κ1) is 13.4. The normalized spacial score (nSPS) is 11.1. The van der Waals surface area contributed by atoms with Gasteiger partial charge in [-0.2, -0.15) is 5.10 Å². The maximum atomic E-state index is 10.6. The molecule has 2 aromatic rings. The quantitative estimate of drug-likeness (QED) is 0.876. The molecule has 0 unspecified atom stereocenters. The van der Waals surface area contributed by atoms with Crippen LogP contribution in [0.15, 0.2) is 30.3 Å². The van der Waals surface area contributed by atoms with Crippen LogP contribution in [0.2, 0.25) is 5.15 Å². The Labute approximate surface area is 115 Å². The van der Waals surface area contributed by atoms with E-state index in [2.05, 4.69) is 5.10 Å². The molecule has 1 heterocycles. The van der Waals surface area contributed by atoms with E-state index in [9.17, 15) is 4.79 Å². The highest BCUT2D eigenvalue weighted by atomic mass is 35.5. The number of carbonyl (C=O) groups is 1. The highest BCUT2D eigenvalue weighted by molar-refractivity contribution is 6.31. The van der Waals surface area contributed by atoms with Crippen LogP contribution in [0.5, 0.6) is 0 Å². The van der Waals surface area contributed by atoms with Crippen molar-refractivity contribution in [1.29, 1.82) is 0 Å². The predicted octanol–water partition coefficient (Wildman–Crippen LogP) is 3.24. The Hall–Kier alpha value is -2.07. The first-order valence-corrected chi connectivity index (χ1v) is 6.10. The van der Waals surface area contributed by atoms with E-state index in [0.29, 0.717) is 16.4 Å². The largest absolute Gasteiger partial charge is 0.478 e. The van der Waals surface area contributed by atoms with Gasteiger partial charge in [-0.05, 0) is 32.1 Å². The standard InChI is InChI=1S/C14H13ClN2O2/c1-9-3-5-11(6-4-9)17-14(15)12(10(2)16-17)7-8-13(18)19/h3-8H,1-2H3,(H,18,19). The fourth-order valence-electron chi connectivity index (χ4n) is 1.71. The fourth-order valence-corrected chi connectivity index (χ4v) is 2.05. The SMILES string of the molecule is Cc1ccc(-n2nc(C)c(C=CC(=O)O)c2Cl)cc1. The molecule has 0 radical (unpaired) electrons. The van der Waals surface area contributed by atoms with Crippen molar-refractivity contribution < 1.29 is 9.90 Å². The Morgan fingerprint density at radius 1 is 1.32 bits per heavy atom. The Balaban J connectivity index is 2.46. The van der Waals surface area contributed by atoms with Crippen molar-refractivity contribution in [2.45, 2.75) is 13.8 Å².